The molecule has 0 fully saturated rings. The van der Waals surface area contributed by atoms with Gasteiger partial charge in [-0.15, -0.1) is 0 Å². The van der Waals surface area contributed by atoms with E-state index >= 15 is 0 Å². The number of methoxy groups -OCH3 is 1. The third-order valence-corrected chi connectivity index (χ3v) is 1.86. The van der Waals surface area contributed by atoms with E-state index in [1.807, 2.05) is 12.4 Å². The molecule has 0 bridgehead atoms. The molecule has 0 aliphatic heterocycles. The van der Waals surface area contributed by atoms with Gasteiger partial charge in [0.15, 0.2) is 0 Å². The molecule has 1 N–H and O–H groups in total. The molecule has 0 saturated heterocycles. The fourth-order valence-electron chi connectivity index (χ4n) is 1.15. The van der Waals surface area contributed by atoms with Gasteiger partial charge in [0.25, 0.3) is 0 Å². The first-order valence-electron chi connectivity index (χ1n) is 4.62. The van der Waals surface area contributed by atoms with E-state index < -0.39 is 0 Å². The summed E-state index contributed by atoms with van der Waals surface area (Å²) in [6.07, 6.45) is 4.79. The minimum absolute atomic E-state index is 0.792. The van der Waals surface area contributed by atoms with Gasteiger partial charge in [-0.05, 0) is 13.3 Å². The van der Waals surface area contributed by atoms with Gasteiger partial charge in [-0.3, -0.25) is 0 Å². The second-order valence-electron chi connectivity index (χ2n) is 2.81. The number of hydrogen-bond donors (Lipinski definition) is 1. The smallest absolute Gasteiger partial charge is 0.202 e. The van der Waals surface area contributed by atoms with Crippen molar-refractivity contribution in [2.45, 2.75) is 19.9 Å². The van der Waals surface area contributed by atoms with Crippen molar-refractivity contribution in [2.75, 3.05) is 25.6 Å². The molecule has 0 aliphatic carbocycles. The molecule has 4 heteroatoms. The SMILES string of the molecule is CCn1ccnc1NCCCOC. The fourth-order valence-corrected chi connectivity index (χ4v) is 1.15. The molecule has 0 radical (unpaired) electrons. The van der Waals surface area contributed by atoms with Crippen molar-refractivity contribution in [3.8, 4) is 0 Å². The van der Waals surface area contributed by atoms with Gasteiger partial charge in [0.2, 0.25) is 5.95 Å². The third-order valence-electron chi connectivity index (χ3n) is 1.86. The van der Waals surface area contributed by atoms with Gasteiger partial charge in [0, 0.05) is 39.2 Å². The van der Waals surface area contributed by atoms with E-state index in [2.05, 4.69) is 21.8 Å². The molecule has 0 aromatic carbocycles. The monoisotopic (exact) mass is 183 g/mol. The van der Waals surface area contributed by atoms with E-state index in [0.717, 1.165) is 32.1 Å². The maximum Gasteiger partial charge on any atom is 0.202 e. The van der Waals surface area contributed by atoms with Crippen LogP contribution in [-0.4, -0.2) is 29.8 Å². The van der Waals surface area contributed by atoms with Crippen LogP contribution < -0.4 is 5.32 Å². The van der Waals surface area contributed by atoms with Crippen molar-refractivity contribution >= 4 is 5.95 Å². The van der Waals surface area contributed by atoms with Gasteiger partial charge >= 0.3 is 0 Å². The van der Waals surface area contributed by atoms with Crippen molar-refractivity contribution in [1.29, 1.82) is 0 Å². The summed E-state index contributed by atoms with van der Waals surface area (Å²) in [6, 6.07) is 0. The van der Waals surface area contributed by atoms with Gasteiger partial charge in [-0.25, -0.2) is 4.98 Å². The van der Waals surface area contributed by atoms with Crippen LogP contribution in [0.2, 0.25) is 0 Å². The molecule has 0 aliphatic rings. The molecule has 0 saturated carbocycles. The van der Waals surface area contributed by atoms with Crippen molar-refractivity contribution in [2.24, 2.45) is 0 Å². The zero-order chi connectivity index (χ0) is 9.52. The quantitative estimate of drug-likeness (QED) is 0.677. The Bertz CT molecular complexity index is 235. The second kappa shape index (κ2) is 5.59. The first-order chi connectivity index (χ1) is 6.38. The van der Waals surface area contributed by atoms with E-state index in [-0.39, 0.29) is 0 Å². The minimum Gasteiger partial charge on any atom is -0.385 e. The van der Waals surface area contributed by atoms with Crippen LogP contribution in [0.25, 0.3) is 0 Å². The number of aromatic nitrogens is 2. The lowest BCUT2D eigenvalue weighted by Gasteiger charge is -2.06. The average Bonchev–Trinajstić information content (AvgIpc) is 2.60. The molecule has 1 heterocycles. The lowest BCUT2D eigenvalue weighted by atomic mass is 10.4. The number of nitrogens with one attached hydrogen (secondary N) is 1. The summed E-state index contributed by atoms with van der Waals surface area (Å²) in [5.41, 5.74) is 0. The number of nitrogens with zero attached hydrogens (tertiary/aromatic N) is 2. The lowest BCUT2D eigenvalue weighted by molar-refractivity contribution is 0.197. The summed E-state index contributed by atoms with van der Waals surface area (Å²) in [6.45, 7) is 4.75. The zero-order valence-corrected chi connectivity index (χ0v) is 8.29. The number of imidazole rings is 1. The first-order valence-corrected chi connectivity index (χ1v) is 4.62. The van der Waals surface area contributed by atoms with Crippen LogP contribution in [0.5, 0.6) is 0 Å². The number of ether oxygens (including phenoxy) is 1. The molecule has 0 unspecified atom stereocenters. The zero-order valence-electron chi connectivity index (χ0n) is 8.29. The standard InChI is InChI=1S/C9H17N3O/c1-3-12-7-6-11-9(12)10-5-4-8-13-2/h6-7H,3-5,8H2,1-2H3,(H,10,11). The average molecular weight is 183 g/mol. The molecule has 4 nitrogen and oxygen atoms in total. The Morgan fingerprint density at radius 3 is 3.15 bits per heavy atom. The molecule has 1 aromatic rings. The number of anilines is 1. The van der Waals surface area contributed by atoms with Crippen LogP contribution in [0.1, 0.15) is 13.3 Å². The predicted molar refractivity (Wildman–Crippen MR) is 52.9 cm³/mol. The van der Waals surface area contributed by atoms with Gasteiger partial charge in [-0.1, -0.05) is 0 Å². The molecule has 74 valence electrons. The van der Waals surface area contributed by atoms with Crippen LogP contribution in [0.4, 0.5) is 5.95 Å². The van der Waals surface area contributed by atoms with Gasteiger partial charge in [-0.2, -0.15) is 0 Å². The van der Waals surface area contributed by atoms with Gasteiger partial charge in [0.1, 0.15) is 0 Å². The molecular formula is C9H17N3O. The van der Waals surface area contributed by atoms with Crippen LogP contribution in [0, 0.1) is 0 Å². The largest absolute Gasteiger partial charge is 0.385 e. The molecule has 1 rings (SSSR count). The number of rotatable bonds is 6. The van der Waals surface area contributed by atoms with Crippen LogP contribution in [0.15, 0.2) is 12.4 Å². The van der Waals surface area contributed by atoms with Crippen molar-refractivity contribution < 1.29 is 4.74 Å². The summed E-state index contributed by atoms with van der Waals surface area (Å²) in [5.74, 6) is 0.943. The first kappa shape index (κ1) is 10.1. The summed E-state index contributed by atoms with van der Waals surface area (Å²) < 4.78 is 7.03. The Morgan fingerprint density at radius 2 is 2.46 bits per heavy atom. The van der Waals surface area contributed by atoms with Crippen molar-refractivity contribution in [3.05, 3.63) is 12.4 Å². The van der Waals surface area contributed by atoms with E-state index in [0.29, 0.717) is 0 Å². The normalized spacial score (nSPS) is 10.3. The van der Waals surface area contributed by atoms with Crippen LogP contribution >= 0.6 is 0 Å². The highest BCUT2D eigenvalue weighted by Crippen LogP contribution is 2.02. The maximum absolute atomic E-state index is 4.95. The molecular weight excluding hydrogens is 166 g/mol. The van der Waals surface area contributed by atoms with Gasteiger partial charge in [0.05, 0.1) is 0 Å². The third kappa shape index (κ3) is 3.06. The minimum atomic E-state index is 0.792. The van der Waals surface area contributed by atoms with Gasteiger partial charge < -0.3 is 14.6 Å². The summed E-state index contributed by atoms with van der Waals surface area (Å²) in [7, 11) is 1.72. The molecule has 0 spiro atoms. The highest BCUT2D eigenvalue weighted by molar-refractivity contribution is 5.25. The Balaban J connectivity index is 2.27. The predicted octanol–water partition coefficient (Wildman–Crippen LogP) is 1.35. The topological polar surface area (TPSA) is 39.1 Å². The Kier molecular flexibility index (Phi) is 4.32. The van der Waals surface area contributed by atoms with E-state index in [1.54, 1.807) is 7.11 Å². The second-order valence-corrected chi connectivity index (χ2v) is 2.81. The highest BCUT2D eigenvalue weighted by Gasteiger charge is 1.97. The number of aryl methyl sites for hydroxylation is 1. The molecule has 0 amide bonds. The van der Waals surface area contributed by atoms with Crippen molar-refractivity contribution in [1.82, 2.24) is 9.55 Å². The summed E-state index contributed by atoms with van der Waals surface area (Å²) in [5, 5.41) is 3.25. The van der Waals surface area contributed by atoms with Crippen LogP contribution in [0.3, 0.4) is 0 Å². The van der Waals surface area contributed by atoms with Crippen LogP contribution in [-0.2, 0) is 11.3 Å². The maximum atomic E-state index is 4.95. The summed E-state index contributed by atoms with van der Waals surface area (Å²) >= 11 is 0. The molecule has 0 atom stereocenters. The Hall–Kier alpha value is -1.03. The molecule has 1 aromatic heterocycles. The fraction of sp³-hybridized carbons (Fsp3) is 0.667. The Morgan fingerprint density at radius 1 is 1.62 bits per heavy atom. The Labute approximate surface area is 78.9 Å². The molecule has 13 heavy (non-hydrogen) atoms. The van der Waals surface area contributed by atoms with E-state index in [9.17, 15) is 0 Å². The van der Waals surface area contributed by atoms with Crippen molar-refractivity contribution in [3.63, 3.8) is 0 Å². The van der Waals surface area contributed by atoms with E-state index in [1.165, 1.54) is 0 Å². The summed E-state index contributed by atoms with van der Waals surface area (Å²) in [4.78, 5) is 4.20. The highest BCUT2D eigenvalue weighted by atomic mass is 16.5. The van der Waals surface area contributed by atoms with E-state index in [4.69, 9.17) is 4.74 Å². The number of hydrogen-bond acceptors (Lipinski definition) is 3. The lowest BCUT2D eigenvalue weighted by Crippen LogP contribution is -2.09.